The molecular weight excluding hydrogens is 408 g/mol. The van der Waals surface area contributed by atoms with E-state index in [1.807, 2.05) is 55.6 Å². The Labute approximate surface area is 145 Å². The van der Waals surface area contributed by atoms with Crippen LogP contribution in [0.3, 0.4) is 0 Å². The molecule has 0 aliphatic heterocycles. The van der Waals surface area contributed by atoms with Crippen LogP contribution in [0.4, 0.5) is 0 Å². The van der Waals surface area contributed by atoms with Crippen LogP contribution in [-0.4, -0.2) is 15.6 Å². The number of carbonyl (C=O) groups excluding carboxylic acids is 1. The lowest BCUT2D eigenvalue weighted by atomic mass is 10.0. The zero-order valence-electron chi connectivity index (χ0n) is 11.8. The second-order valence-electron chi connectivity index (χ2n) is 4.91. The van der Waals surface area contributed by atoms with Crippen LogP contribution in [0.25, 0.3) is 11.3 Å². The fourth-order valence-corrected chi connectivity index (χ4v) is 2.76. The molecule has 0 saturated heterocycles. The van der Waals surface area contributed by atoms with Crippen molar-refractivity contribution in [3.05, 3.63) is 74.8 Å². The van der Waals surface area contributed by atoms with E-state index in [-0.39, 0.29) is 5.78 Å². The Bertz CT molecular complexity index is 821. The quantitative estimate of drug-likeness (QED) is 0.569. The first-order valence-electron chi connectivity index (χ1n) is 6.64. The summed E-state index contributed by atoms with van der Waals surface area (Å²) in [6, 6.07) is 15.1. The largest absolute Gasteiger partial charge is 0.288 e. The van der Waals surface area contributed by atoms with E-state index in [1.54, 1.807) is 10.9 Å². The van der Waals surface area contributed by atoms with Gasteiger partial charge in [0.2, 0.25) is 0 Å². The average Bonchev–Trinajstić information content (AvgIpc) is 2.90. The van der Waals surface area contributed by atoms with Crippen molar-refractivity contribution in [2.75, 3.05) is 0 Å². The minimum atomic E-state index is -0.0291. The second kappa shape index (κ2) is 6.18. The van der Waals surface area contributed by atoms with Gasteiger partial charge in [0, 0.05) is 33.3 Å². The Morgan fingerprint density at radius 1 is 0.955 bits per heavy atom. The first-order chi connectivity index (χ1) is 10.5. The van der Waals surface area contributed by atoms with Gasteiger partial charge < -0.3 is 0 Å². The number of halogens is 2. The zero-order chi connectivity index (χ0) is 15.7. The minimum Gasteiger partial charge on any atom is -0.288 e. The first-order valence-corrected chi connectivity index (χ1v) is 8.23. The third-order valence-electron chi connectivity index (χ3n) is 3.30. The summed E-state index contributed by atoms with van der Waals surface area (Å²) < 4.78 is 3.61. The predicted molar refractivity (Wildman–Crippen MR) is 93.9 cm³/mol. The Balaban J connectivity index is 2.06. The molecule has 0 spiro atoms. The number of ketones is 1. The van der Waals surface area contributed by atoms with Gasteiger partial charge in [-0.1, -0.05) is 44.0 Å². The lowest BCUT2D eigenvalue weighted by Gasteiger charge is -2.03. The highest BCUT2D eigenvalue weighted by molar-refractivity contribution is 9.10. The monoisotopic (exact) mass is 418 g/mol. The van der Waals surface area contributed by atoms with Crippen molar-refractivity contribution in [1.82, 2.24) is 9.78 Å². The molecule has 3 aromatic rings. The van der Waals surface area contributed by atoms with Gasteiger partial charge in [0.05, 0.1) is 5.56 Å². The Hall–Kier alpha value is -1.72. The molecular formula is C17H12Br2N2O. The van der Waals surface area contributed by atoms with Gasteiger partial charge in [0.15, 0.2) is 5.78 Å². The van der Waals surface area contributed by atoms with Gasteiger partial charge in [-0.3, -0.25) is 9.48 Å². The Kier molecular flexibility index (Phi) is 4.27. The van der Waals surface area contributed by atoms with Crippen LogP contribution in [-0.2, 0) is 7.05 Å². The molecule has 1 aromatic heterocycles. The van der Waals surface area contributed by atoms with Crippen LogP contribution in [0, 0.1) is 0 Å². The van der Waals surface area contributed by atoms with E-state index in [1.165, 1.54) is 0 Å². The molecule has 0 saturated carbocycles. The van der Waals surface area contributed by atoms with Gasteiger partial charge in [0.1, 0.15) is 5.69 Å². The summed E-state index contributed by atoms with van der Waals surface area (Å²) in [6.07, 6.45) is 1.77. The van der Waals surface area contributed by atoms with E-state index in [9.17, 15) is 4.79 Å². The summed E-state index contributed by atoms with van der Waals surface area (Å²) in [4.78, 5) is 12.8. The third kappa shape index (κ3) is 3.05. The second-order valence-corrected chi connectivity index (χ2v) is 6.74. The maximum Gasteiger partial charge on any atom is 0.196 e. The van der Waals surface area contributed by atoms with Crippen molar-refractivity contribution >= 4 is 37.6 Å². The van der Waals surface area contributed by atoms with Gasteiger partial charge in [-0.2, -0.15) is 5.10 Å². The lowest BCUT2D eigenvalue weighted by molar-refractivity contribution is 0.103. The van der Waals surface area contributed by atoms with Gasteiger partial charge in [-0.15, -0.1) is 0 Å². The molecule has 5 heteroatoms. The Morgan fingerprint density at radius 3 is 2.09 bits per heavy atom. The summed E-state index contributed by atoms with van der Waals surface area (Å²) >= 11 is 6.80. The summed E-state index contributed by atoms with van der Waals surface area (Å²) in [5.74, 6) is -0.0291. The highest BCUT2D eigenvalue weighted by Crippen LogP contribution is 2.26. The van der Waals surface area contributed by atoms with Gasteiger partial charge in [-0.05, 0) is 36.4 Å². The van der Waals surface area contributed by atoms with E-state index in [4.69, 9.17) is 0 Å². The molecule has 0 radical (unpaired) electrons. The predicted octanol–water partition coefficient (Wildman–Crippen LogP) is 4.84. The number of hydrogen-bond donors (Lipinski definition) is 0. The molecule has 0 bridgehead atoms. The van der Waals surface area contributed by atoms with E-state index in [2.05, 4.69) is 37.0 Å². The molecule has 2 aromatic carbocycles. The van der Waals surface area contributed by atoms with Crippen molar-refractivity contribution in [1.29, 1.82) is 0 Å². The van der Waals surface area contributed by atoms with Crippen LogP contribution in [0.1, 0.15) is 15.9 Å². The molecule has 22 heavy (non-hydrogen) atoms. The summed E-state index contributed by atoms with van der Waals surface area (Å²) in [5, 5.41) is 4.45. The molecule has 0 atom stereocenters. The molecule has 0 aliphatic rings. The number of benzene rings is 2. The Morgan fingerprint density at radius 2 is 1.50 bits per heavy atom. The molecule has 110 valence electrons. The van der Waals surface area contributed by atoms with E-state index >= 15 is 0 Å². The highest BCUT2D eigenvalue weighted by atomic mass is 79.9. The number of rotatable bonds is 3. The van der Waals surface area contributed by atoms with Gasteiger partial charge >= 0.3 is 0 Å². The molecule has 0 fully saturated rings. The number of aryl methyl sites for hydroxylation is 1. The van der Waals surface area contributed by atoms with E-state index < -0.39 is 0 Å². The van der Waals surface area contributed by atoms with Gasteiger partial charge in [-0.25, -0.2) is 0 Å². The molecule has 0 unspecified atom stereocenters. The topological polar surface area (TPSA) is 34.9 Å². The van der Waals surface area contributed by atoms with Crippen molar-refractivity contribution < 1.29 is 4.79 Å². The fraction of sp³-hybridized carbons (Fsp3) is 0.0588. The standard InChI is InChI=1S/C17H12Br2N2O/c1-21-10-15(17(22)12-4-8-14(19)9-5-12)16(20-21)11-2-6-13(18)7-3-11/h2-10H,1H3. The first kappa shape index (κ1) is 15.2. The van der Waals surface area contributed by atoms with Crippen LogP contribution in [0.5, 0.6) is 0 Å². The van der Waals surface area contributed by atoms with Crippen molar-refractivity contribution in [3.63, 3.8) is 0 Å². The third-order valence-corrected chi connectivity index (χ3v) is 4.35. The van der Waals surface area contributed by atoms with Crippen molar-refractivity contribution in [2.24, 2.45) is 7.05 Å². The normalized spacial score (nSPS) is 10.7. The molecule has 0 aliphatic carbocycles. The number of aromatic nitrogens is 2. The van der Waals surface area contributed by atoms with Crippen LogP contribution < -0.4 is 0 Å². The summed E-state index contributed by atoms with van der Waals surface area (Å²) in [7, 11) is 1.82. The zero-order valence-corrected chi connectivity index (χ0v) is 14.9. The van der Waals surface area contributed by atoms with Crippen LogP contribution >= 0.6 is 31.9 Å². The summed E-state index contributed by atoms with van der Waals surface area (Å²) in [5.41, 5.74) is 2.87. The number of carbonyl (C=O) groups is 1. The summed E-state index contributed by atoms with van der Waals surface area (Å²) in [6.45, 7) is 0. The average molecular weight is 420 g/mol. The van der Waals surface area contributed by atoms with E-state index in [0.717, 1.165) is 14.5 Å². The smallest absolute Gasteiger partial charge is 0.196 e. The molecule has 0 amide bonds. The van der Waals surface area contributed by atoms with Crippen LogP contribution in [0.2, 0.25) is 0 Å². The highest BCUT2D eigenvalue weighted by Gasteiger charge is 2.18. The number of nitrogens with zero attached hydrogens (tertiary/aromatic N) is 2. The van der Waals surface area contributed by atoms with Crippen molar-refractivity contribution in [2.45, 2.75) is 0 Å². The minimum absolute atomic E-state index is 0.0291. The van der Waals surface area contributed by atoms with Crippen molar-refractivity contribution in [3.8, 4) is 11.3 Å². The molecule has 1 heterocycles. The molecule has 3 nitrogen and oxygen atoms in total. The van der Waals surface area contributed by atoms with Gasteiger partial charge in [0.25, 0.3) is 0 Å². The molecule has 0 N–H and O–H groups in total. The maximum absolute atomic E-state index is 12.8. The number of hydrogen-bond acceptors (Lipinski definition) is 2. The van der Waals surface area contributed by atoms with E-state index in [0.29, 0.717) is 16.8 Å². The lowest BCUT2D eigenvalue weighted by Crippen LogP contribution is -2.01. The molecule has 3 rings (SSSR count). The van der Waals surface area contributed by atoms with Crippen LogP contribution in [0.15, 0.2) is 63.7 Å². The SMILES string of the molecule is Cn1cc(C(=O)c2ccc(Br)cc2)c(-c2ccc(Br)cc2)n1. The fourth-order valence-electron chi connectivity index (χ4n) is 2.23. The maximum atomic E-state index is 12.8.